The highest BCUT2D eigenvalue weighted by Gasteiger charge is 2.30. The first-order valence-corrected chi connectivity index (χ1v) is 9.04. The van der Waals surface area contributed by atoms with Crippen molar-refractivity contribution in [1.29, 1.82) is 0 Å². The molecule has 2 aromatic rings. The van der Waals surface area contributed by atoms with Gasteiger partial charge in [0.05, 0.1) is 5.56 Å². The number of hydrogen-bond acceptors (Lipinski definition) is 4. The van der Waals surface area contributed by atoms with Crippen LogP contribution in [0.1, 0.15) is 39.9 Å². The minimum atomic E-state index is -4.52. The number of hydrogen-bond donors (Lipinski definition) is 2. The number of hydrazine groups is 1. The molecule has 0 saturated heterocycles. The molecular weight excluding hydrogens is 401 g/mol. The largest absolute Gasteiger partial charge is 0.484 e. The van der Waals surface area contributed by atoms with Gasteiger partial charge in [-0.3, -0.25) is 25.2 Å². The Morgan fingerprint density at radius 1 is 0.900 bits per heavy atom. The van der Waals surface area contributed by atoms with Crippen LogP contribution >= 0.6 is 0 Å². The Morgan fingerprint density at radius 2 is 1.60 bits per heavy atom. The van der Waals surface area contributed by atoms with E-state index in [-0.39, 0.29) is 24.4 Å². The second-order valence-electron chi connectivity index (χ2n) is 6.63. The van der Waals surface area contributed by atoms with E-state index >= 15 is 0 Å². The fourth-order valence-corrected chi connectivity index (χ4v) is 2.44. The quantitative estimate of drug-likeness (QED) is 0.528. The van der Waals surface area contributed by atoms with Gasteiger partial charge in [0, 0.05) is 18.4 Å². The number of amides is 2. The third-order valence-corrected chi connectivity index (χ3v) is 4.28. The van der Waals surface area contributed by atoms with Crippen LogP contribution < -0.4 is 15.6 Å². The monoisotopic (exact) mass is 422 g/mol. The smallest absolute Gasteiger partial charge is 0.416 e. The van der Waals surface area contributed by atoms with Gasteiger partial charge in [-0.1, -0.05) is 18.2 Å². The molecule has 0 unspecified atom stereocenters. The molecule has 160 valence electrons. The van der Waals surface area contributed by atoms with E-state index in [1.807, 2.05) is 19.9 Å². The topological polar surface area (TPSA) is 84.5 Å². The van der Waals surface area contributed by atoms with Gasteiger partial charge in [0.1, 0.15) is 5.75 Å². The van der Waals surface area contributed by atoms with Crippen LogP contribution in [0.5, 0.6) is 5.75 Å². The SMILES string of the molecule is Cc1ccc(C(=O)CCC(=O)NNC(=O)COc2cccc(C(F)(F)F)c2)cc1C. The zero-order chi connectivity index (χ0) is 22.3. The van der Waals surface area contributed by atoms with Crippen molar-refractivity contribution < 1.29 is 32.3 Å². The molecule has 0 aliphatic rings. The van der Waals surface area contributed by atoms with E-state index < -0.39 is 30.2 Å². The van der Waals surface area contributed by atoms with Gasteiger partial charge in [0.25, 0.3) is 5.91 Å². The van der Waals surface area contributed by atoms with Gasteiger partial charge in [-0.05, 0) is 49.2 Å². The maximum atomic E-state index is 12.6. The summed E-state index contributed by atoms with van der Waals surface area (Å²) in [6.07, 6.45) is -4.70. The molecule has 0 aliphatic carbocycles. The Hall–Kier alpha value is -3.36. The number of nitrogens with one attached hydrogen (secondary N) is 2. The predicted octanol–water partition coefficient (Wildman–Crippen LogP) is 3.51. The van der Waals surface area contributed by atoms with Crippen molar-refractivity contribution in [2.75, 3.05) is 6.61 Å². The van der Waals surface area contributed by atoms with Crippen LogP contribution in [-0.2, 0) is 15.8 Å². The molecule has 0 radical (unpaired) electrons. The summed E-state index contributed by atoms with van der Waals surface area (Å²) in [6.45, 7) is 3.22. The molecule has 6 nitrogen and oxygen atoms in total. The molecular formula is C21H21F3N2O4. The van der Waals surface area contributed by atoms with E-state index in [9.17, 15) is 27.6 Å². The summed E-state index contributed by atoms with van der Waals surface area (Å²) < 4.78 is 42.9. The zero-order valence-electron chi connectivity index (χ0n) is 16.4. The highest BCUT2D eigenvalue weighted by atomic mass is 19.4. The molecule has 2 rings (SSSR count). The maximum absolute atomic E-state index is 12.6. The van der Waals surface area contributed by atoms with E-state index in [1.165, 1.54) is 6.07 Å². The highest BCUT2D eigenvalue weighted by molar-refractivity contribution is 5.98. The Morgan fingerprint density at radius 3 is 2.27 bits per heavy atom. The van der Waals surface area contributed by atoms with Crippen LogP contribution in [0, 0.1) is 13.8 Å². The molecule has 0 saturated carbocycles. The first-order valence-electron chi connectivity index (χ1n) is 9.04. The number of ether oxygens (including phenoxy) is 1. The maximum Gasteiger partial charge on any atom is 0.416 e. The third-order valence-electron chi connectivity index (χ3n) is 4.28. The van der Waals surface area contributed by atoms with E-state index in [0.29, 0.717) is 5.56 Å². The second kappa shape index (κ2) is 9.91. The number of Topliss-reactive ketones (excluding diaryl/α,β-unsaturated/α-hetero) is 1. The number of ketones is 1. The van der Waals surface area contributed by atoms with Crippen LogP contribution in [-0.4, -0.2) is 24.2 Å². The van der Waals surface area contributed by atoms with Crippen LogP contribution in [0.2, 0.25) is 0 Å². The van der Waals surface area contributed by atoms with Gasteiger partial charge in [0.2, 0.25) is 5.91 Å². The van der Waals surface area contributed by atoms with Crippen LogP contribution in [0.4, 0.5) is 13.2 Å². The summed E-state index contributed by atoms with van der Waals surface area (Å²) >= 11 is 0. The fourth-order valence-electron chi connectivity index (χ4n) is 2.44. The summed E-state index contributed by atoms with van der Waals surface area (Å²) in [4.78, 5) is 35.6. The number of aryl methyl sites for hydroxylation is 2. The Balaban J connectivity index is 1.73. The van der Waals surface area contributed by atoms with E-state index in [1.54, 1.807) is 12.1 Å². The van der Waals surface area contributed by atoms with E-state index in [2.05, 4.69) is 10.9 Å². The number of benzene rings is 2. The average molecular weight is 422 g/mol. The van der Waals surface area contributed by atoms with Gasteiger partial charge >= 0.3 is 6.18 Å². The second-order valence-corrected chi connectivity index (χ2v) is 6.63. The first-order chi connectivity index (χ1) is 14.1. The lowest BCUT2D eigenvalue weighted by atomic mass is 10.0. The van der Waals surface area contributed by atoms with Crippen LogP contribution in [0.25, 0.3) is 0 Å². The Bertz CT molecular complexity index is 942. The van der Waals surface area contributed by atoms with Gasteiger partial charge in [-0.25, -0.2) is 0 Å². The Kier molecular flexibility index (Phi) is 7.57. The van der Waals surface area contributed by atoms with Gasteiger partial charge in [-0.15, -0.1) is 0 Å². The summed E-state index contributed by atoms with van der Waals surface area (Å²) in [5.74, 6) is -1.68. The number of rotatable bonds is 7. The molecule has 0 aliphatic heterocycles. The number of alkyl halides is 3. The Labute approximate surface area is 171 Å². The van der Waals surface area contributed by atoms with Crippen molar-refractivity contribution in [2.45, 2.75) is 32.9 Å². The molecule has 0 bridgehead atoms. The molecule has 0 aromatic heterocycles. The normalized spacial score (nSPS) is 11.0. The molecule has 2 N–H and O–H groups in total. The van der Waals surface area contributed by atoms with Crippen molar-refractivity contribution in [3.8, 4) is 5.75 Å². The predicted molar refractivity (Wildman–Crippen MR) is 103 cm³/mol. The summed E-state index contributed by atoms with van der Waals surface area (Å²) in [6, 6.07) is 9.35. The highest BCUT2D eigenvalue weighted by Crippen LogP contribution is 2.31. The molecule has 9 heteroatoms. The van der Waals surface area contributed by atoms with Crippen LogP contribution in [0.3, 0.4) is 0 Å². The number of carbonyl (C=O) groups excluding carboxylic acids is 3. The number of halogens is 3. The lowest BCUT2D eigenvalue weighted by molar-refractivity contribution is -0.137. The fraction of sp³-hybridized carbons (Fsp3) is 0.286. The summed E-state index contributed by atoms with van der Waals surface area (Å²) in [7, 11) is 0. The first kappa shape index (κ1) is 22.9. The van der Waals surface area contributed by atoms with Crippen molar-refractivity contribution in [2.24, 2.45) is 0 Å². The minimum Gasteiger partial charge on any atom is -0.484 e. The standard InChI is InChI=1S/C21H21F3N2O4/c1-13-6-7-15(10-14(13)2)18(27)8-9-19(28)25-26-20(29)12-30-17-5-3-4-16(11-17)21(22,23)24/h3-7,10-11H,8-9,12H2,1-2H3,(H,25,28)(H,26,29). The molecule has 2 aromatic carbocycles. The lowest BCUT2D eigenvalue weighted by Crippen LogP contribution is -2.43. The molecule has 2 amide bonds. The summed E-state index contributed by atoms with van der Waals surface area (Å²) in [5.41, 5.74) is 5.84. The molecule has 0 spiro atoms. The van der Waals surface area contributed by atoms with Gasteiger partial charge < -0.3 is 4.74 Å². The molecule has 30 heavy (non-hydrogen) atoms. The third kappa shape index (κ3) is 6.91. The summed E-state index contributed by atoms with van der Waals surface area (Å²) in [5, 5.41) is 0. The zero-order valence-corrected chi connectivity index (χ0v) is 16.4. The lowest BCUT2D eigenvalue weighted by Gasteiger charge is -2.11. The molecule has 0 atom stereocenters. The van der Waals surface area contributed by atoms with Crippen molar-refractivity contribution in [3.63, 3.8) is 0 Å². The molecule has 0 heterocycles. The van der Waals surface area contributed by atoms with Crippen molar-refractivity contribution in [1.82, 2.24) is 10.9 Å². The number of carbonyl (C=O) groups is 3. The van der Waals surface area contributed by atoms with Gasteiger partial charge in [0.15, 0.2) is 12.4 Å². The van der Waals surface area contributed by atoms with Crippen molar-refractivity contribution >= 4 is 17.6 Å². The molecule has 0 fully saturated rings. The van der Waals surface area contributed by atoms with Crippen molar-refractivity contribution in [3.05, 3.63) is 64.7 Å². The van der Waals surface area contributed by atoms with Crippen LogP contribution in [0.15, 0.2) is 42.5 Å². The minimum absolute atomic E-state index is 0.0368. The van der Waals surface area contributed by atoms with E-state index in [0.717, 1.165) is 29.3 Å². The van der Waals surface area contributed by atoms with Gasteiger partial charge in [-0.2, -0.15) is 13.2 Å². The average Bonchev–Trinajstić information content (AvgIpc) is 2.70. The van der Waals surface area contributed by atoms with E-state index in [4.69, 9.17) is 4.74 Å².